The van der Waals surface area contributed by atoms with Crippen molar-refractivity contribution in [1.82, 2.24) is 0 Å². The normalized spacial score (nSPS) is 11.8. The van der Waals surface area contributed by atoms with Gasteiger partial charge in [-0.3, -0.25) is 0 Å². The quantitative estimate of drug-likeness (QED) is 0.325. The van der Waals surface area contributed by atoms with Crippen molar-refractivity contribution in [3.05, 3.63) is 130 Å². The Labute approximate surface area is 180 Å². The molecule has 0 aliphatic heterocycles. The van der Waals surface area contributed by atoms with Crippen LogP contribution in [0.1, 0.15) is 46.2 Å². The molecule has 150 valence electrons. The molecule has 4 aromatic rings. The molecule has 0 saturated carbocycles. The fourth-order valence-electron chi connectivity index (χ4n) is 3.63. The summed E-state index contributed by atoms with van der Waals surface area (Å²) in [7, 11) is 0. The van der Waals surface area contributed by atoms with E-state index in [1.165, 1.54) is 33.4 Å². The largest absolute Gasteiger partial charge is 0.457 e. The third-order valence-electron chi connectivity index (χ3n) is 5.65. The molecule has 0 radical (unpaired) electrons. The van der Waals surface area contributed by atoms with Gasteiger partial charge in [0.1, 0.15) is 11.5 Å². The van der Waals surface area contributed by atoms with Gasteiger partial charge in [0, 0.05) is 5.92 Å². The van der Waals surface area contributed by atoms with Crippen LogP contribution in [-0.2, 0) is 6.42 Å². The maximum atomic E-state index is 5.95. The molecule has 0 heterocycles. The van der Waals surface area contributed by atoms with Crippen LogP contribution in [0.4, 0.5) is 0 Å². The van der Waals surface area contributed by atoms with Gasteiger partial charge in [-0.25, -0.2) is 0 Å². The Hall–Kier alpha value is -3.32. The molecule has 0 aliphatic rings. The van der Waals surface area contributed by atoms with Crippen LogP contribution in [-0.4, -0.2) is 0 Å². The van der Waals surface area contributed by atoms with Crippen LogP contribution in [0.5, 0.6) is 11.5 Å². The van der Waals surface area contributed by atoms with Crippen molar-refractivity contribution in [3.63, 3.8) is 0 Å². The molecule has 1 atom stereocenters. The molecule has 0 aromatic heterocycles. The summed E-state index contributed by atoms with van der Waals surface area (Å²) in [5, 5.41) is 0. The number of ether oxygens (including phenoxy) is 1. The SMILES string of the molecule is Cc1ccc(Cc2ccc(C(C)c3ccc(Oc4ccc(C)cc4)cc3)cc2)cc1. The maximum absolute atomic E-state index is 5.95. The van der Waals surface area contributed by atoms with Crippen molar-refractivity contribution in [3.8, 4) is 11.5 Å². The highest BCUT2D eigenvalue weighted by atomic mass is 16.5. The fourth-order valence-corrected chi connectivity index (χ4v) is 3.63. The Kier molecular flexibility index (Phi) is 5.99. The number of aryl methyl sites for hydroxylation is 2. The van der Waals surface area contributed by atoms with E-state index in [0.29, 0.717) is 5.92 Å². The molecule has 30 heavy (non-hydrogen) atoms. The zero-order valence-electron chi connectivity index (χ0n) is 17.9. The highest BCUT2D eigenvalue weighted by molar-refractivity contribution is 5.39. The van der Waals surface area contributed by atoms with Gasteiger partial charge in [0.15, 0.2) is 0 Å². The molecular formula is C29H28O. The molecule has 0 amide bonds. The molecule has 0 aliphatic carbocycles. The molecular weight excluding hydrogens is 364 g/mol. The molecule has 1 unspecified atom stereocenters. The summed E-state index contributed by atoms with van der Waals surface area (Å²) in [5.74, 6) is 2.07. The molecule has 0 saturated heterocycles. The number of benzene rings is 4. The first-order chi connectivity index (χ1) is 14.6. The van der Waals surface area contributed by atoms with Crippen LogP contribution in [0.15, 0.2) is 97.1 Å². The van der Waals surface area contributed by atoms with Gasteiger partial charge in [-0.05, 0) is 66.8 Å². The van der Waals surface area contributed by atoms with E-state index in [-0.39, 0.29) is 0 Å². The Morgan fingerprint density at radius 3 is 1.40 bits per heavy atom. The summed E-state index contributed by atoms with van der Waals surface area (Å²) in [6, 6.07) is 34.4. The van der Waals surface area contributed by atoms with Gasteiger partial charge in [0.05, 0.1) is 0 Å². The predicted octanol–water partition coefficient (Wildman–Crippen LogP) is 7.84. The number of rotatable bonds is 6. The lowest BCUT2D eigenvalue weighted by Gasteiger charge is -2.14. The van der Waals surface area contributed by atoms with Crippen LogP contribution in [0, 0.1) is 13.8 Å². The van der Waals surface area contributed by atoms with Crippen molar-refractivity contribution in [2.75, 3.05) is 0 Å². The second-order valence-corrected chi connectivity index (χ2v) is 8.11. The topological polar surface area (TPSA) is 9.23 Å². The number of hydrogen-bond donors (Lipinski definition) is 0. The second kappa shape index (κ2) is 9.00. The fraction of sp³-hybridized carbons (Fsp3) is 0.172. The van der Waals surface area contributed by atoms with Gasteiger partial charge < -0.3 is 4.74 Å². The Bertz CT molecular complexity index is 982. The first-order valence-electron chi connectivity index (χ1n) is 10.6. The number of hydrogen-bond acceptors (Lipinski definition) is 1. The summed E-state index contributed by atoms with van der Waals surface area (Å²) in [5.41, 5.74) is 7.85. The van der Waals surface area contributed by atoms with Gasteiger partial charge in [-0.2, -0.15) is 0 Å². The van der Waals surface area contributed by atoms with Gasteiger partial charge in [-0.15, -0.1) is 0 Å². The van der Waals surface area contributed by atoms with E-state index in [0.717, 1.165) is 17.9 Å². The smallest absolute Gasteiger partial charge is 0.127 e. The second-order valence-electron chi connectivity index (χ2n) is 8.11. The van der Waals surface area contributed by atoms with E-state index in [9.17, 15) is 0 Å². The highest BCUT2D eigenvalue weighted by Gasteiger charge is 2.09. The molecule has 0 spiro atoms. The summed E-state index contributed by atoms with van der Waals surface area (Å²) in [4.78, 5) is 0. The summed E-state index contributed by atoms with van der Waals surface area (Å²) >= 11 is 0. The molecule has 1 heteroatoms. The monoisotopic (exact) mass is 392 g/mol. The van der Waals surface area contributed by atoms with Crippen LogP contribution in [0.2, 0.25) is 0 Å². The van der Waals surface area contributed by atoms with Crippen molar-refractivity contribution in [2.24, 2.45) is 0 Å². The molecule has 0 N–H and O–H groups in total. The zero-order chi connectivity index (χ0) is 20.9. The molecule has 0 bridgehead atoms. The van der Waals surface area contributed by atoms with E-state index in [2.05, 4.69) is 106 Å². The Morgan fingerprint density at radius 1 is 0.533 bits per heavy atom. The minimum absolute atomic E-state index is 0.340. The minimum Gasteiger partial charge on any atom is -0.457 e. The van der Waals surface area contributed by atoms with Crippen LogP contribution in [0.3, 0.4) is 0 Å². The Morgan fingerprint density at radius 2 is 0.900 bits per heavy atom. The average molecular weight is 393 g/mol. The van der Waals surface area contributed by atoms with E-state index >= 15 is 0 Å². The lowest BCUT2D eigenvalue weighted by Crippen LogP contribution is -1.97. The molecule has 0 fully saturated rings. The molecule has 4 rings (SSSR count). The van der Waals surface area contributed by atoms with Crippen molar-refractivity contribution in [1.29, 1.82) is 0 Å². The third-order valence-corrected chi connectivity index (χ3v) is 5.65. The molecule has 1 nitrogen and oxygen atoms in total. The maximum Gasteiger partial charge on any atom is 0.127 e. The average Bonchev–Trinajstić information content (AvgIpc) is 2.77. The Balaban J connectivity index is 1.41. The van der Waals surface area contributed by atoms with E-state index < -0.39 is 0 Å². The van der Waals surface area contributed by atoms with Gasteiger partial charge in [-0.1, -0.05) is 90.8 Å². The molecule has 4 aromatic carbocycles. The summed E-state index contributed by atoms with van der Waals surface area (Å²) < 4.78 is 5.95. The van der Waals surface area contributed by atoms with Crippen LogP contribution in [0.25, 0.3) is 0 Å². The van der Waals surface area contributed by atoms with Gasteiger partial charge >= 0.3 is 0 Å². The van der Waals surface area contributed by atoms with E-state index in [1.807, 2.05) is 12.1 Å². The van der Waals surface area contributed by atoms with Crippen molar-refractivity contribution < 1.29 is 4.74 Å². The van der Waals surface area contributed by atoms with Crippen LogP contribution >= 0.6 is 0 Å². The lowest BCUT2D eigenvalue weighted by atomic mass is 9.92. The van der Waals surface area contributed by atoms with Gasteiger partial charge in [0.2, 0.25) is 0 Å². The summed E-state index contributed by atoms with van der Waals surface area (Å²) in [6.45, 7) is 6.46. The van der Waals surface area contributed by atoms with E-state index in [4.69, 9.17) is 4.74 Å². The van der Waals surface area contributed by atoms with Crippen LogP contribution < -0.4 is 4.74 Å². The van der Waals surface area contributed by atoms with Gasteiger partial charge in [0.25, 0.3) is 0 Å². The zero-order valence-corrected chi connectivity index (χ0v) is 17.9. The van der Waals surface area contributed by atoms with Crippen molar-refractivity contribution in [2.45, 2.75) is 33.1 Å². The summed E-state index contributed by atoms with van der Waals surface area (Å²) in [6.07, 6.45) is 0.972. The lowest BCUT2D eigenvalue weighted by molar-refractivity contribution is 0.482. The van der Waals surface area contributed by atoms with Crippen molar-refractivity contribution >= 4 is 0 Å². The predicted molar refractivity (Wildman–Crippen MR) is 126 cm³/mol. The third kappa shape index (κ3) is 4.99. The standard InChI is InChI=1S/C29H28O/c1-21-4-8-24(9-5-21)20-25-10-12-26(13-11-25)23(3)27-14-18-29(19-15-27)30-28-16-6-22(2)7-17-28/h4-19,23H,20H2,1-3H3. The van der Waals surface area contributed by atoms with E-state index in [1.54, 1.807) is 0 Å². The minimum atomic E-state index is 0.340. The first-order valence-corrected chi connectivity index (χ1v) is 10.6. The first kappa shape index (κ1) is 20.0. The highest BCUT2D eigenvalue weighted by Crippen LogP contribution is 2.28.